The van der Waals surface area contributed by atoms with Crippen molar-refractivity contribution in [2.45, 2.75) is 18.4 Å². The molecule has 1 fully saturated rings. The summed E-state index contributed by atoms with van der Waals surface area (Å²) in [6.45, 7) is 0. The van der Waals surface area contributed by atoms with Crippen LogP contribution in [0, 0.1) is 0 Å². The van der Waals surface area contributed by atoms with Crippen LogP contribution in [-0.2, 0) is 4.79 Å². The lowest BCUT2D eigenvalue weighted by molar-refractivity contribution is -0.124. The van der Waals surface area contributed by atoms with E-state index in [1.54, 1.807) is 7.05 Å². The molecular weight excluding hydrogens is 160 g/mol. The number of hydrogen-bond donors (Lipinski definition) is 2. The zero-order valence-electron chi connectivity index (χ0n) is 6.72. The van der Waals surface area contributed by atoms with Gasteiger partial charge in [0.1, 0.15) is 0 Å². The molecule has 11 heavy (non-hydrogen) atoms. The molecule has 0 atom stereocenters. The summed E-state index contributed by atoms with van der Waals surface area (Å²) in [6.07, 6.45) is 1.73. The molecule has 0 aromatic heterocycles. The smallest absolute Gasteiger partial charge is 0.237 e. The average molecular weight is 174 g/mol. The van der Waals surface area contributed by atoms with Gasteiger partial charge in [-0.25, -0.2) is 0 Å². The van der Waals surface area contributed by atoms with Crippen LogP contribution in [0.5, 0.6) is 0 Å². The normalized spacial score (nSPS) is 23.0. The third-order valence-corrected chi connectivity index (χ3v) is 3.28. The molecule has 1 aliphatic rings. The van der Waals surface area contributed by atoms with Crippen LogP contribution in [-0.4, -0.2) is 30.0 Å². The Morgan fingerprint density at radius 2 is 2.09 bits per heavy atom. The molecule has 3 N–H and O–H groups in total. The summed E-state index contributed by atoms with van der Waals surface area (Å²) in [5, 5.41) is 3.03. The van der Waals surface area contributed by atoms with Crippen molar-refractivity contribution in [3.8, 4) is 0 Å². The van der Waals surface area contributed by atoms with Gasteiger partial charge in [0.25, 0.3) is 0 Å². The summed E-state index contributed by atoms with van der Waals surface area (Å²) in [5.74, 6) is 1.86. The van der Waals surface area contributed by atoms with Gasteiger partial charge in [0, 0.05) is 0 Å². The predicted octanol–water partition coefficient (Wildman–Crippen LogP) is -0.0431. The first-order valence-electron chi connectivity index (χ1n) is 3.78. The van der Waals surface area contributed by atoms with Gasteiger partial charge in [-0.2, -0.15) is 11.8 Å². The van der Waals surface area contributed by atoms with Crippen molar-refractivity contribution in [1.82, 2.24) is 5.32 Å². The fraction of sp³-hybridized carbons (Fsp3) is 0.857. The molecule has 1 aliphatic heterocycles. The molecule has 0 bridgehead atoms. The highest BCUT2D eigenvalue weighted by Crippen LogP contribution is 2.26. The second-order valence-corrected chi connectivity index (χ2v) is 4.03. The molecule has 1 heterocycles. The van der Waals surface area contributed by atoms with Crippen LogP contribution in [0.25, 0.3) is 0 Å². The van der Waals surface area contributed by atoms with Gasteiger partial charge in [-0.15, -0.1) is 0 Å². The Bertz CT molecular complexity index is 155. The van der Waals surface area contributed by atoms with Crippen molar-refractivity contribution in [2.24, 2.45) is 5.73 Å². The molecule has 0 aliphatic carbocycles. The van der Waals surface area contributed by atoms with Crippen molar-refractivity contribution >= 4 is 17.7 Å². The molecule has 0 unspecified atom stereocenters. The van der Waals surface area contributed by atoms with Crippen molar-refractivity contribution in [3.63, 3.8) is 0 Å². The number of carbonyl (C=O) groups excluding carboxylic acids is 1. The van der Waals surface area contributed by atoms with E-state index in [0.29, 0.717) is 0 Å². The Labute approximate surface area is 71.1 Å². The van der Waals surface area contributed by atoms with Gasteiger partial charge in [0.2, 0.25) is 5.91 Å². The van der Waals surface area contributed by atoms with E-state index in [2.05, 4.69) is 5.32 Å². The number of primary amides is 1. The zero-order chi connectivity index (χ0) is 8.32. The molecule has 3 nitrogen and oxygen atoms in total. The Morgan fingerprint density at radius 1 is 1.55 bits per heavy atom. The maximum Gasteiger partial charge on any atom is 0.237 e. The van der Waals surface area contributed by atoms with Crippen LogP contribution in [0.2, 0.25) is 0 Å². The average Bonchev–Trinajstić information content (AvgIpc) is 2.05. The minimum Gasteiger partial charge on any atom is -0.368 e. The Balaban J connectivity index is 2.64. The van der Waals surface area contributed by atoms with Gasteiger partial charge < -0.3 is 11.1 Å². The monoisotopic (exact) mass is 174 g/mol. The fourth-order valence-electron chi connectivity index (χ4n) is 1.34. The van der Waals surface area contributed by atoms with E-state index in [-0.39, 0.29) is 5.91 Å². The number of hydrogen-bond acceptors (Lipinski definition) is 3. The van der Waals surface area contributed by atoms with Crippen LogP contribution in [0.4, 0.5) is 0 Å². The minimum absolute atomic E-state index is 0.208. The van der Waals surface area contributed by atoms with E-state index < -0.39 is 5.54 Å². The summed E-state index contributed by atoms with van der Waals surface area (Å²) in [5.41, 5.74) is 4.89. The Hall–Kier alpha value is -0.220. The molecule has 64 valence electrons. The molecule has 1 rings (SSSR count). The second-order valence-electron chi connectivity index (χ2n) is 2.81. The lowest BCUT2D eigenvalue weighted by Gasteiger charge is -2.33. The van der Waals surface area contributed by atoms with Gasteiger partial charge in [0.15, 0.2) is 0 Å². The summed E-state index contributed by atoms with van der Waals surface area (Å²) < 4.78 is 0. The second kappa shape index (κ2) is 3.45. The van der Waals surface area contributed by atoms with Gasteiger partial charge in [-0.05, 0) is 31.4 Å². The van der Waals surface area contributed by atoms with Crippen LogP contribution in [0.15, 0.2) is 0 Å². The summed E-state index contributed by atoms with van der Waals surface area (Å²) in [4.78, 5) is 11.1. The maximum absolute atomic E-state index is 11.1. The highest BCUT2D eigenvalue weighted by Gasteiger charge is 2.36. The number of nitrogens with one attached hydrogen (secondary N) is 1. The highest BCUT2D eigenvalue weighted by atomic mass is 32.2. The maximum atomic E-state index is 11.1. The number of thioether (sulfide) groups is 1. The third-order valence-electron chi connectivity index (χ3n) is 2.30. The first-order chi connectivity index (χ1) is 5.21. The largest absolute Gasteiger partial charge is 0.368 e. The predicted molar refractivity (Wildman–Crippen MR) is 47.5 cm³/mol. The quantitative estimate of drug-likeness (QED) is 0.617. The third kappa shape index (κ3) is 1.68. The molecule has 0 aromatic carbocycles. The summed E-state index contributed by atoms with van der Waals surface area (Å²) >= 11 is 1.88. The number of amides is 1. The van der Waals surface area contributed by atoms with Gasteiger partial charge >= 0.3 is 0 Å². The Kier molecular flexibility index (Phi) is 2.78. The lowest BCUT2D eigenvalue weighted by atomic mass is 9.92. The standard InChI is InChI=1S/C7H14N2OS/c1-9-7(6(8)10)2-4-11-5-3-7/h9H,2-5H2,1H3,(H2,8,10). The van der Waals surface area contributed by atoms with Crippen molar-refractivity contribution in [2.75, 3.05) is 18.6 Å². The van der Waals surface area contributed by atoms with E-state index in [1.807, 2.05) is 11.8 Å². The summed E-state index contributed by atoms with van der Waals surface area (Å²) in [7, 11) is 1.81. The molecule has 0 spiro atoms. The highest BCUT2D eigenvalue weighted by molar-refractivity contribution is 7.99. The van der Waals surface area contributed by atoms with E-state index in [0.717, 1.165) is 24.3 Å². The lowest BCUT2D eigenvalue weighted by Crippen LogP contribution is -2.55. The summed E-state index contributed by atoms with van der Waals surface area (Å²) in [6, 6.07) is 0. The topological polar surface area (TPSA) is 55.1 Å². The van der Waals surface area contributed by atoms with E-state index >= 15 is 0 Å². The van der Waals surface area contributed by atoms with Crippen LogP contribution in [0.1, 0.15) is 12.8 Å². The van der Waals surface area contributed by atoms with Crippen molar-refractivity contribution in [3.05, 3.63) is 0 Å². The van der Waals surface area contributed by atoms with Crippen LogP contribution in [0.3, 0.4) is 0 Å². The van der Waals surface area contributed by atoms with Gasteiger partial charge in [-0.1, -0.05) is 0 Å². The van der Waals surface area contributed by atoms with Crippen molar-refractivity contribution in [1.29, 1.82) is 0 Å². The number of likely N-dealkylation sites (N-methyl/N-ethyl adjacent to an activating group) is 1. The SMILES string of the molecule is CNC1(C(N)=O)CCSCC1. The fourth-order valence-corrected chi connectivity index (χ4v) is 2.53. The van der Waals surface area contributed by atoms with E-state index in [9.17, 15) is 4.79 Å². The molecule has 1 amide bonds. The number of nitrogens with two attached hydrogens (primary N) is 1. The first-order valence-corrected chi connectivity index (χ1v) is 4.93. The van der Waals surface area contributed by atoms with Crippen LogP contribution < -0.4 is 11.1 Å². The molecule has 0 radical (unpaired) electrons. The van der Waals surface area contributed by atoms with Crippen molar-refractivity contribution < 1.29 is 4.79 Å². The molecule has 0 aromatic rings. The molecular formula is C7H14N2OS. The molecule has 0 saturated carbocycles. The van der Waals surface area contributed by atoms with Gasteiger partial charge in [0.05, 0.1) is 5.54 Å². The van der Waals surface area contributed by atoms with E-state index in [1.165, 1.54) is 0 Å². The number of carbonyl (C=O) groups is 1. The van der Waals surface area contributed by atoms with E-state index in [4.69, 9.17) is 5.73 Å². The molecule has 1 saturated heterocycles. The minimum atomic E-state index is -0.411. The zero-order valence-corrected chi connectivity index (χ0v) is 7.54. The number of rotatable bonds is 2. The van der Waals surface area contributed by atoms with Crippen LogP contribution >= 0.6 is 11.8 Å². The van der Waals surface area contributed by atoms with Gasteiger partial charge in [-0.3, -0.25) is 4.79 Å². The molecule has 4 heteroatoms. The first kappa shape index (κ1) is 8.87. The Morgan fingerprint density at radius 3 is 2.36 bits per heavy atom.